The van der Waals surface area contributed by atoms with E-state index in [0.29, 0.717) is 11.4 Å². The average molecular weight is 246 g/mol. The van der Waals surface area contributed by atoms with Crippen LogP contribution in [0.2, 0.25) is 5.15 Å². The Balaban J connectivity index is 3.04. The van der Waals surface area contributed by atoms with Crippen molar-refractivity contribution in [2.24, 2.45) is 0 Å². The molecule has 0 N–H and O–H groups in total. The molecule has 0 saturated carbocycles. The number of hydrogen-bond acceptors (Lipinski definition) is 2. The molecule has 0 bridgehead atoms. The number of allylic oxidation sites excluding steroid dienone is 1. The van der Waals surface area contributed by atoms with E-state index in [-0.39, 0.29) is 0 Å². The summed E-state index contributed by atoms with van der Waals surface area (Å²) in [6, 6.07) is 1.79. The predicted octanol–water partition coefficient (Wildman–Crippen LogP) is 2.71. The molecule has 2 nitrogen and oxygen atoms in total. The van der Waals surface area contributed by atoms with Crippen LogP contribution < -0.4 is 0 Å². The zero-order valence-corrected chi connectivity index (χ0v) is 8.34. The Morgan fingerprint density at radius 1 is 1.58 bits per heavy atom. The minimum atomic E-state index is 0.385. The van der Waals surface area contributed by atoms with Crippen molar-refractivity contribution in [3.63, 3.8) is 0 Å². The van der Waals surface area contributed by atoms with Crippen LogP contribution in [0.15, 0.2) is 22.8 Å². The number of carbonyl (C=O) groups excluding carboxylic acids is 1. The normalized spacial score (nSPS) is 10.5. The molecule has 0 saturated heterocycles. The molecule has 0 fully saturated rings. The first kappa shape index (κ1) is 9.42. The Morgan fingerprint density at radius 3 is 3.00 bits per heavy atom. The summed E-state index contributed by atoms with van der Waals surface area (Å²) in [4.78, 5) is 13.9. The fourth-order valence-electron chi connectivity index (χ4n) is 0.698. The Labute approximate surface area is 83.4 Å². The van der Waals surface area contributed by atoms with Gasteiger partial charge in [0.1, 0.15) is 11.4 Å². The van der Waals surface area contributed by atoms with Crippen molar-refractivity contribution in [2.75, 3.05) is 0 Å². The van der Waals surface area contributed by atoms with Gasteiger partial charge in [-0.3, -0.25) is 4.79 Å². The summed E-state index contributed by atoms with van der Waals surface area (Å²) in [5, 5.41) is 0.385. The fraction of sp³-hybridized carbons (Fsp3) is 0. The number of halogens is 2. The lowest BCUT2D eigenvalue weighted by Crippen LogP contribution is -1.80. The van der Waals surface area contributed by atoms with Crippen molar-refractivity contribution in [3.05, 3.63) is 33.5 Å². The standard InChI is InChI=1S/C8H5BrClNO/c9-7-4-6(2-1-3-12)8(10)11-5-7/h1-5H/b2-1+. The van der Waals surface area contributed by atoms with Crippen LogP contribution >= 0.6 is 27.5 Å². The number of rotatable bonds is 2. The van der Waals surface area contributed by atoms with Crippen molar-refractivity contribution in [3.8, 4) is 0 Å². The third-order valence-electron chi connectivity index (χ3n) is 1.19. The van der Waals surface area contributed by atoms with Gasteiger partial charge in [-0.05, 0) is 34.1 Å². The molecule has 62 valence electrons. The maximum atomic E-state index is 10.0. The number of pyridine rings is 1. The van der Waals surface area contributed by atoms with E-state index >= 15 is 0 Å². The van der Waals surface area contributed by atoms with Crippen LogP contribution in [0.3, 0.4) is 0 Å². The molecule has 1 aromatic heterocycles. The fourth-order valence-corrected chi connectivity index (χ4v) is 1.21. The lowest BCUT2D eigenvalue weighted by Gasteiger charge is -1.96. The van der Waals surface area contributed by atoms with Gasteiger partial charge in [-0.25, -0.2) is 4.98 Å². The van der Waals surface area contributed by atoms with Gasteiger partial charge in [0, 0.05) is 16.2 Å². The highest BCUT2D eigenvalue weighted by atomic mass is 79.9. The molecule has 1 heterocycles. The first-order valence-corrected chi connectivity index (χ1v) is 4.34. The van der Waals surface area contributed by atoms with Crippen LogP contribution in [0, 0.1) is 0 Å². The maximum Gasteiger partial charge on any atom is 0.142 e. The van der Waals surface area contributed by atoms with E-state index in [1.54, 1.807) is 18.3 Å². The van der Waals surface area contributed by atoms with Crippen molar-refractivity contribution < 1.29 is 4.79 Å². The Hall–Kier alpha value is -0.670. The van der Waals surface area contributed by atoms with Gasteiger partial charge in [-0.15, -0.1) is 0 Å². The SMILES string of the molecule is O=C/C=C/c1cc(Br)cnc1Cl. The third-order valence-corrected chi connectivity index (χ3v) is 1.94. The molecule has 4 heteroatoms. The summed E-state index contributed by atoms with van der Waals surface area (Å²) in [5.41, 5.74) is 0.721. The molecule has 1 rings (SSSR count). The third kappa shape index (κ3) is 2.43. The molecule has 0 aliphatic carbocycles. The second-order valence-electron chi connectivity index (χ2n) is 2.03. The van der Waals surface area contributed by atoms with E-state index in [9.17, 15) is 4.79 Å². The van der Waals surface area contributed by atoms with Crippen LogP contribution in [0.5, 0.6) is 0 Å². The van der Waals surface area contributed by atoms with Crippen molar-refractivity contribution in [1.29, 1.82) is 0 Å². The van der Waals surface area contributed by atoms with Crippen LogP contribution in [0.25, 0.3) is 6.08 Å². The smallest absolute Gasteiger partial charge is 0.142 e. The first-order chi connectivity index (χ1) is 5.74. The van der Waals surface area contributed by atoms with Crippen LogP contribution in [0.4, 0.5) is 0 Å². The predicted molar refractivity (Wildman–Crippen MR) is 52.0 cm³/mol. The first-order valence-electron chi connectivity index (χ1n) is 3.17. The number of carbonyl (C=O) groups is 1. The Kier molecular flexibility index (Phi) is 3.44. The lowest BCUT2D eigenvalue weighted by atomic mass is 10.3. The summed E-state index contributed by atoms with van der Waals surface area (Å²) >= 11 is 8.98. The molecule has 0 radical (unpaired) electrons. The van der Waals surface area contributed by atoms with Gasteiger partial charge in [0.05, 0.1) is 0 Å². The van der Waals surface area contributed by atoms with Crippen LogP contribution in [-0.4, -0.2) is 11.3 Å². The molecule has 0 aliphatic rings. The van der Waals surface area contributed by atoms with Crippen molar-refractivity contribution in [1.82, 2.24) is 4.98 Å². The quantitative estimate of drug-likeness (QED) is 0.456. The monoisotopic (exact) mass is 245 g/mol. The molecule has 0 spiro atoms. The van der Waals surface area contributed by atoms with E-state index in [4.69, 9.17) is 11.6 Å². The molecule has 12 heavy (non-hydrogen) atoms. The molecule has 0 amide bonds. The molecular weight excluding hydrogens is 241 g/mol. The van der Waals surface area contributed by atoms with E-state index < -0.39 is 0 Å². The van der Waals surface area contributed by atoms with Gasteiger partial charge in [0.2, 0.25) is 0 Å². The molecule has 1 aromatic rings. The average Bonchev–Trinajstić information content (AvgIpc) is 2.07. The van der Waals surface area contributed by atoms with Crippen LogP contribution in [0.1, 0.15) is 5.56 Å². The second kappa shape index (κ2) is 4.38. The Bertz CT molecular complexity index is 325. The number of hydrogen-bond donors (Lipinski definition) is 0. The number of aromatic nitrogens is 1. The zero-order chi connectivity index (χ0) is 8.97. The molecular formula is C8H5BrClNO. The highest BCUT2D eigenvalue weighted by Crippen LogP contribution is 2.18. The summed E-state index contributed by atoms with van der Waals surface area (Å²) in [6.07, 6.45) is 5.26. The van der Waals surface area contributed by atoms with Gasteiger partial charge in [-0.2, -0.15) is 0 Å². The van der Waals surface area contributed by atoms with Gasteiger partial charge in [0.25, 0.3) is 0 Å². The molecule has 0 aliphatic heterocycles. The second-order valence-corrected chi connectivity index (χ2v) is 3.30. The highest BCUT2D eigenvalue weighted by molar-refractivity contribution is 9.10. The summed E-state index contributed by atoms with van der Waals surface area (Å²) in [5.74, 6) is 0. The van der Waals surface area contributed by atoms with E-state index in [1.807, 2.05) is 0 Å². The molecule has 0 unspecified atom stereocenters. The number of aldehydes is 1. The van der Waals surface area contributed by atoms with E-state index in [0.717, 1.165) is 10.0 Å². The summed E-state index contributed by atoms with van der Waals surface area (Å²) in [7, 11) is 0. The van der Waals surface area contributed by atoms with Gasteiger partial charge in [-0.1, -0.05) is 11.6 Å². The minimum absolute atomic E-state index is 0.385. The largest absolute Gasteiger partial charge is 0.299 e. The van der Waals surface area contributed by atoms with Crippen molar-refractivity contribution in [2.45, 2.75) is 0 Å². The summed E-state index contributed by atoms with van der Waals surface area (Å²) in [6.45, 7) is 0. The maximum absolute atomic E-state index is 10.0. The van der Waals surface area contributed by atoms with Crippen LogP contribution in [-0.2, 0) is 4.79 Å². The van der Waals surface area contributed by atoms with Gasteiger partial charge < -0.3 is 0 Å². The minimum Gasteiger partial charge on any atom is -0.299 e. The van der Waals surface area contributed by atoms with E-state index in [1.165, 1.54) is 6.08 Å². The topological polar surface area (TPSA) is 30.0 Å². The zero-order valence-electron chi connectivity index (χ0n) is 6.00. The summed E-state index contributed by atoms with van der Waals surface area (Å²) < 4.78 is 0.831. The van der Waals surface area contributed by atoms with Crippen molar-refractivity contribution >= 4 is 39.9 Å². The lowest BCUT2D eigenvalue weighted by molar-refractivity contribution is -0.104. The van der Waals surface area contributed by atoms with Gasteiger partial charge in [0.15, 0.2) is 0 Å². The molecule has 0 atom stereocenters. The number of nitrogens with zero attached hydrogens (tertiary/aromatic N) is 1. The van der Waals surface area contributed by atoms with Gasteiger partial charge >= 0.3 is 0 Å². The Morgan fingerprint density at radius 2 is 2.33 bits per heavy atom. The highest BCUT2D eigenvalue weighted by Gasteiger charge is 1.97. The van der Waals surface area contributed by atoms with E-state index in [2.05, 4.69) is 20.9 Å². The molecule has 0 aromatic carbocycles.